The van der Waals surface area contributed by atoms with Gasteiger partial charge in [0.05, 0.1) is 19.1 Å². The Labute approximate surface area is 117 Å². The Morgan fingerprint density at radius 1 is 1.55 bits per heavy atom. The van der Waals surface area contributed by atoms with Crippen LogP contribution >= 0.6 is 0 Å². The van der Waals surface area contributed by atoms with Gasteiger partial charge >= 0.3 is 5.97 Å². The normalized spacial score (nSPS) is 11.9. The van der Waals surface area contributed by atoms with Crippen LogP contribution in [0.4, 0.5) is 0 Å². The van der Waals surface area contributed by atoms with Crippen LogP contribution in [0.1, 0.15) is 24.9 Å². The summed E-state index contributed by atoms with van der Waals surface area (Å²) in [4.78, 5) is 12.2. The number of hydrogen-bond donors (Lipinski definition) is 2. The van der Waals surface area contributed by atoms with Crippen LogP contribution < -0.4 is 4.74 Å². The van der Waals surface area contributed by atoms with Crippen LogP contribution in [-0.2, 0) is 4.79 Å². The molecule has 0 amide bonds. The molecule has 1 atom stereocenters. The van der Waals surface area contributed by atoms with Gasteiger partial charge < -0.3 is 14.9 Å². The first-order valence-corrected chi connectivity index (χ1v) is 6.27. The maximum atomic E-state index is 10.6. The number of carboxylic acid groups (broad SMARTS) is 1. The van der Waals surface area contributed by atoms with E-state index in [0.717, 1.165) is 0 Å². The van der Waals surface area contributed by atoms with Crippen molar-refractivity contribution in [2.24, 2.45) is 0 Å². The second-order valence-corrected chi connectivity index (χ2v) is 4.28. The topological polar surface area (TPSA) is 93.8 Å². The van der Waals surface area contributed by atoms with Crippen molar-refractivity contribution in [3.63, 3.8) is 0 Å². The van der Waals surface area contributed by atoms with E-state index in [2.05, 4.69) is 6.07 Å². The Morgan fingerprint density at radius 3 is 2.80 bits per heavy atom. The molecule has 1 unspecified atom stereocenters. The van der Waals surface area contributed by atoms with E-state index in [-0.39, 0.29) is 18.7 Å². The number of benzene rings is 1. The number of hydrogen-bond acceptors (Lipinski definition) is 5. The highest BCUT2D eigenvalue weighted by atomic mass is 16.5. The number of para-hydroxylation sites is 1. The van der Waals surface area contributed by atoms with Gasteiger partial charge in [0, 0.05) is 12.1 Å². The highest BCUT2D eigenvalue weighted by molar-refractivity contribution is 5.66. The van der Waals surface area contributed by atoms with E-state index in [1.165, 1.54) is 0 Å². The number of nitrogens with zero attached hydrogens (tertiary/aromatic N) is 2. The van der Waals surface area contributed by atoms with Gasteiger partial charge in [-0.05, 0) is 20.0 Å². The average Bonchev–Trinajstić information content (AvgIpc) is 2.41. The van der Waals surface area contributed by atoms with Gasteiger partial charge in [-0.25, -0.2) is 0 Å². The van der Waals surface area contributed by atoms with Crippen molar-refractivity contribution in [3.8, 4) is 17.6 Å². The second kappa shape index (κ2) is 7.36. The number of carbonyl (C=O) groups is 1. The molecule has 2 N–H and O–H groups in total. The highest BCUT2D eigenvalue weighted by Gasteiger charge is 2.22. The molecule has 20 heavy (non-hydrogen) atoms. The summed E-state index contributed by atoms with van der Waals surface area (Å²) in [6.07, 6.45) is -0.0689. The van der Waals surface area contributed by atoms with Gasteiger partial charge in [0.15, 0.2) is 11.5 Å². The van der Waals surface area contributed by atoms with E-state index in [0.29, 0.717) is 17.9 Å². The zero-order valence-corrected chi connectivity index (χ0v) is 11.5. The molecule has 0 bridgehead atoms. The van der Waals surface area contributed by atoms with Crippen LogP contribution in [0.25, 0.3) is 0 Å². The van der Waals surface area contributed by atoms with Crippen LogP contribution in [0.2, 0.25) is 0 Å². The maximum absolute atomic E-state index is 10.6. The third kappa shape index (κ3) is 3.87. The summed E-state index contributed by atoms with van der Waals surface area (Å²) < 4.78 is 5.28. The predicted octanol–water partition coefficient (Wildman–Crippen LogP) is 1.76. The lowest BCUT2D eigenvalue weighted by Gasteiger charge is -2.23. The predicted molar refractivity (Wildman–Crippen MR) is 72.5 cm³/mol. The van der Waals surface area contributed by atoms with Gasteiger partial charge in [-0.3, -0.25) is 9.69 Å². The monoisotopic (exact) mass is 278 g/mol. The number of nitriles is 1. The van der Waals surface area contributed by atoms with Gasteiger partial charge in [-0.15, -0.1) is 0 Å². The largest absolute Gasteiger partial charge is 0.504 e. The van der Waals surface area contributed by atoms with Crippen LogP contribution in [-0.4, -0.2) is 41.3 Å². The number of ether oxygens (including phenoxy) is 1. The molecule has 0 saturated heterocycles. The molecule has 0 aromatic heterocycles. The summed E-state index contributed by atoms with van der Waals surface area (Å²) in [6.45, 7) is 2.42. The van der Waals surface area contributed by atoms with Crippen LogP contribution in [0, 0.1) is 11.3 Å². The lowest BCUT2D eigenvalue weighted by molar-refractivity contribution is -0.137. The summed E-state index contributed by atoms with van der Waals surface area (Å²) in [5.41, 5.74) is 0.409. The Bertz CT molecular complexity index is 510. The molecule has 1 aromatic rings. The van der Waals surface area contributed by atoms with Crippen molar-refractivity contribution in [1.82, 2.24) is 4.90 Å². The van der Waals surface area contributed by atoms with E-state index in [1.807, 2.05) is 0 Å². The molecular weight excluding hydrogens is 260 g/mol. The highest BCUT2D eigenvalue weighted by Crippen LogP contribution is 2.35. The van der Waals surface area contributed by atoms with Gasteiger partial charge in [-0.1, -0.05) is 12.1 Å². The van der Waals surface area contributed by atoms with E-state index in [9.17, 15) is 15.2 Å². The molecule has 0 saturated carbocycles. The smallest absolute Gasteiger partial charge is 0.304 e. The van der Waals surface area contributed by atoms with E-state index < -0.39 is 12.0 Å². The van der Waals surface area contributed by atoms with Crippen molar-refractivity contribution < 1.29 is 19.7 Å². The Hall–Kier alpha value is -2.26. The first-order valence-electron chi connectivity index (χ1n) is 6.27. The van der Waals surface area contributed by atoms with E-state index in [4.69, 9.17) is 9.84 Å². The Morgan fingerprint density at radius 2 is 2.25 bits per heavy atom. The SMILES string of the molecule is CCOc1cccc(C(C#N)N(C)CCC(=O)O)c1O. The first kappa shape index (κ1) is 15.8. The zero-order chi connectivity index (χ0) is 15.1. The molecule has 0 fully saturated rings. The second-order valence-electron chi connectivity index (χ2n) is 4.28. The lowest BCUT2D eigenvalue weighted by Crippen LogP contribution is -2.26. The molecule has 0 radical (unpaired) electrons. The number of aliphatic carboxylic acids is 1. The fourth-order valence-corrected chi connectivity index (χ4v) is 1.84. The van der Waals surface area contributed by atoms with Crippen LogP contribution in [0.5, 0.6) is 11.5 Å². The average molecular weight is 278 g/mol. The molecule has 1 aromatic carbocycles. The van der Waals surface area contributed by atoms with Gasteiger partial charge in [0.1, 0.15) is 6.04 Å². The van der Waals surface area contributed by atoms with Crippen molar-refractivity contribution >= 4 is 5.97 Å². The van der Waals surface area contributed by atoms with Crippen LogP contribution in [0.3, 0.4) is 0 Å². The third-order valence-corrected chi connectivity index (χ3v) is 2.87. The van der Waals surface area contributed by atoms with Gasteiger partial charge in [-0.2, -0.15) is 5.26 Å². The first-order chi connectivity index (χ1) is 9.51. The van der Waals surface area contributed by atoms with Crippen molar-refractivity contribution in [2.45, 2.75) is 19.4 Å². The summed E-state index contributed by atoms with van der Waals surface area (Å²) >= 11 is 0. The molecule has 108 valence electrons. The standard InChI is InChI=1S/C14H18N2O4/c1-3-20-12-6-4-5-10(14(12)19)11(9-15)16(2)8-7-13(17)18/h4-6,11,19H,3,7-8H2,1-2H3,(H,17,18). The lowest BCUT2D eigenvalue weighted by atomic mass is 10.0. The van der Waals surface area contributed by atoms with Gasteiger partial charge in [0.25, 0.3) is 0 Å². The Kier molecular flexibility index (Phi) is 5.81. The molecule has 0 aliphatic heterocycles. The number of rotatable bonds is 7. The van der Waals surface area contributed by atoms with E-state index >= 15 is 0 Å². The van der Waals surface area contributed by atoms with Crippen molar-refractivity contribution in [2.75, 3.05) is 20.2 Å². The van der Waals surface area contributed by atoms with Crippen molar-refractivity contribution in [1.29, 1.82) is 5.26 Å². The summed E-state index contributed by atoms with van der Waals surface area (Å²) in [5, 5.41) is 28.1. The maximum Gasteiger partial charge on any atom is 0.304 e. The fraction of sp³-hybridized carbons (Fsp3) is 0.429. The minimum atomic E-state index is -0.930. The number of carboxylic acids is 1. The molecule has 0 heterocycles. The zero-order valence-electron chi connectivity index (χ0n) is 11.5. The summed E-state index contributed by atoms with van der Waals surface area (Å²) in [5.74, 6) is -0.694. The molecule has 1 rings (SSSR count). The molecule has 6 heteroatoms. The summed E-state index contributed by atoms with van der Waals surface area (Å²) in [6, 6.07) is 6.28. The minimum Gasteiger partial charge on any atom is -0.504 e. The number of phenolic OH excluding ortho intramolecular Hbond substituents is 1. The number of aromatic hydroxyl groups is 1. The third-order valence-electron chi connectivity index (χ3n) is 2.87. The summed E-state index contributed by atoms with van der Waals surface area (Å²) in [7, 11) is 1.64. The van der Waals surface area contributed by atoms with Crippen molar-refractivity contribution in [3.05, 3.63) is 23.8 Å². The molecule has 0 aliphatic carbocycles. The molecule has 0 spiro atoms. The minimum absolute atomic E-state index is 0.0689. The quantitative estimate of drug-likeness (QED) is 0.789. The van der Waals surface area contributed by atoms with Gasteiger partial charge in [0.2, 0.25) is 0 Å². The molecule has 0 aliphatic rings. The van der Waals surface area contributed by atoms with E-state index in [1.54, 1.807) is 37.1 Å². The molecule has 6 nitrogen and oxygen atoms in total. The van der Waals surface area contributed by atoms with Crippen LogP contribution in [0.15, 0.2) is 18.2 Å². The Balaban J connectivity index is 2.98. The molecular formula is C14H18N2O4. The fourth-order valence-electron chi connectivity index (χ4n) is 1.84. The number of phenols is 1.